The van der Waals surface area contributed by atoms with Gasteiger partial charge in [-0.1, -0.05) is 30.7 Å². The molecule has 0 radical (unpaired) electrons. The van der Waals surface area contributed by atoms with E-state index in [4.69, 9.17) is 0 Å². The zero-order valence-corrected chi connectivity index (χ0v) is 15.9. The average molecular weight is 372 g/mol. The normalized spacial score (nSPS) is 14.8. The van der Waals surface area contributed by atoms with Crippen molar-refractivity contribution >= 4 is 28.2 Å². The van der Waals surface area contributed by atoms with Gasteiger partial charge in [0.1, 0.15) is 0 Å². The smallest absolute Gasteiger partial charge is 0.261 e. The van der Waals surface area contributed by atoms with Gasteiger partial charge in [0.25, 0.3) is 5.91 Å². The second kappa shape index (κ2) is 8.96. The number of likely N-dealkylation sites (tertiary alicyclic amines) is 1. The Morgan fingerprint density at radius 3 is 2.38 bits per heavy atom. The van der Waals surface area contributed by atoms with Crippen molar-refractivity contribution in [2.75, 3.05) is 18.4 Å². The standard InChI is InChI=1S/C20H25N3O2S/c1-15(24)22-19-10-9-18(26-19)20(25)21-13-16-5-7-17(8-6-16)14-23-11-3-2-4-12-23/h5-10H,2-4,11-14H2,1H3,(H,21,25)(H,22,24). The fourth-order valence-electron chi connectivity index (χ4n) is 3.11. The molecule has 6 heteroatoms. The third-order valence-corrected chi connectivity index (χ3v) is 5.46. The van der Waals surface area contributed by atoms with Crippen LogP contribution in [0.2, 0.25) is 0 Å². The fraction of sp³-hybridized carbons (Fsp3) is 0.400. The highest BCUT2D eigenvalue weighted by molar-refractivity contribution is 7.18. The van der Waals surface area contributed by atoms with Gasteiger partial charge in [-0.3, -0.25) is 14.5 Å². The highest BCUT2D eigenvalue weighted by atomic mass is 32.1. The summed E-state index contributed by atoms with van der Waals surface area (Å²) >= 11 is 1.28. The minimum Gasteiger partial charge on any atom is -0.347 e. The van der Waals surface area contributed by atoms with E-state index in [1.807, 2.05) is 0 Å². The minimum atomic E-state index is -0.136. The van der Waals surface area contributed by atoms with E-state index in [0.717, 1.165) is 12.1 Å². The van der Waals surface area contributed by atoms with Crippen LogP contribution in [0.25, 0.3) is 0 Å². The Hall–Kier alpha value is -2.18. The molecule has 2 heterocycles. The van der Waals surface area contributed by atoms with Crippen molar-refractivity contribution in [1.29, 1.82) is 0 Å². The monoisotopic (exact) mass is 371 g/mol. The van der Waals surface area contributed by atoms with E-state index in [-0.39, 0.29) is 11.8 Å². The Morgan fingerprint density at radius 1 is 1.00 bits per heavy atom. The molecule has 1 aromatic heterocycles. The summed E-state index contributed by atoms with van der Waals surface area (Å²) in [5.74, 6) is -0.257. The predicted octanol–water partition coefficient (Wildman–Crippen LogP) is 3.62. The third-order valence-electron chi connectivity index (χ3n) is 4.46. The lowest BCUT2D eigenvalue weighted by molar-refractivity contribution is -0.114. The van der Waals surface area contributed by atoms with Gasteiger partial charge in [-0.2, -0.15) is 0 Å². The van der Waals surface area contributed by atoms with Crippen molar-refractivity contribution in [3.05, 3.63) is 52.4 Å². The van der Waals surface area contributed by atoms with E-state index < -0.39 is 0 Å². The summed E-state index contributed by atoms with van der Waals surface area (Å²) < 4.78 is 0. The number of carbonyl (C=O) groups excluding carboxylic acids is 2. The molecule has 0 bridgehead atoms. The van der Waals surface area contributed by atoms with Crippen LogP contribution in [0.5, 0.6) is 0 Å². The highest BCUT2D eigenvalue weighted by Gasteiger charge is 2.11. The van der Waals surface area contributed by atoms with Gasteiger partial charge < -0.3 is 10.6 Å². The molecule has 138 valence electrons. The van der Waals surface area contributed by atoms with Gasteiger partial charge in [0, 0.05) is 20.0 Å². The summed E-state index contributed by atoms with van der Waals surface area (Å²) in [5, 5.41) is 6.31. The molecular formula is C20H25N3O2S. The van der Waals surface area contributed by atoms with Crippen LogP contribution >= 0.6 is 11.3 Å². The van der Waals surface area contributed by atoms with Crippen molar-refractivity contribution in [2.45, 2.75) is 39.3 Å². The molecule has 0 saturated carbocycles. The van der Waals surface area contributed by atoms with Gasteiger partial charge in [-0.25, -0.2) is 0 Å². The van der Waals surface area contributed by atoms with Crippen LogP contribution in [0.3, 0.4) is 0 Å². The number of benzene rings is 1. The lowest BCUT2D eigenvalue weighted by atomic mass is 10.1. The Labute approximate surface area is 158 Å². The topological polar surface area (TPSA) is 61.4 Å². The lowest BCUT2D eigenvalue weighted by Gasteiger charge is -2.26. The summed E-state index contributed by atoms with van der Waals surface area (Å²) in [7, 11) is 0. The zero-order chi connectivity index (χ0) is 18.4. The second-order valence-electron chi connectivity index (χ2n) is 6.68. The zero-order valence-electron chi connectivity index (χ0n) is 15.1. The number of carbonyl (C=O) groups is 2. The van der Waals surface area contributed by atoms with Crippen LogP contribution in [0.1, 0.15) is 47.0 Å². The summed E-state index contributed by atoms with van der Waals surface area (Å²) in [6.07, 6.45) is 3.96. The molecule has 1 aliphatic heterocycles. The molecule has 1 aliphatic rings. The molecule has 5 nitrogen and oxygen atoms in total. The molecule has 2 N–H and O–H groups in total. The number of rotatable bonds is 6. The van der Waals surface area contributed by atoms with Crippen LogP contribution in [-0.2, 0) is 17.9 Å². The molecule has 2 amide bonds. The Morgan fingerprint density at radius 2 is 1.69 bits per heavy atom. The average Bonchev–Trinajstić information content (AvgIpc) is 3.09. The quantitative estimate of drug-likeness (QED) is 0.815. The molecule has 0 aliphatic carbocycles. The molecule has 0 spiro atoms. The van der Waals surface area contributed by atoms with Gasteiger partial charge >= 0.3 is 0 Å². The highest BCUT2D eigenvalue weighted by Crippen LogP contribution is 2.21. The van der Waals surface area contributed by atoms with Crippen molar-refractivity contribution in [3.63, 3.8) is 0 Å². The lowest BCUT2D eigenvalue weighted by Crippen LogP contribution is -2.29. The maximum Gasteiger partial charge on any atom is 0.261 e. The fourth-order valence-corrected chi connectivity index (χ4v) is 3.98. The van der Waals surface area contributed by atoms with Gasteiger partial charge in [-0.15, -0.1) is 11.3 Å². The molecule has 3 rings (SSSR count). The molecule has 1 saturated heterocycles. The van der Waals surface area contributed by atoms with Crippen molar-refractivity contribution in [2.24, 2.45) is 0 Å². The number of nitrogens with zero attached hydrogens (tertiary/aromatic N) is 1. The van der Waals surface area contributed by atoms with Crippen LogP contribution < -0.4 is 10.6 Å². The van der Waals surface area contributed by atoms with E-state index >= 15 is 0 Å². The molecule has 0 unspecified atom stereocenters. The van der Waals surface area contributed by atoms with Gasteiger partial charge in [0.05, 0.1) is 9.88 Å². The maximum atomic E-state index is 12.2. The van der Waals surface area contributed by atoms with Gasteiger partial charge in [0.15, 0.2) is 0 Å². The molecular weight excluding hydrogens is 346 g/mol. The van der Waals surface area contributed by atoms with E-state index in [1.165, 1.54) is 56.2 Å². The van der Waals surface area contributed by atoms with Crippen molar-refractivity contribution < 1.29 is 9.59 Å². The first-order chi connectivity index (χ1) is 12.6. The SMILES string of the molecule is CC(=O)Nc1ccc(C(=O)NCc2ccc(CN3CCCCC3)cc2)s1. The third kappa shape index (κ3) is 5.41. The second-order valence-corrected chi connectivity index (χ2v) is 7.76. The van der Waals surface area contributed by atoms with Crippen LogP contribution in [0.4, 0.5) is 5.00 Å². The minimum absolute atomic E-state index is 0.121. The number of anilines is 1. The number of amides is 2. The number of hydrogen-bond donors (Lipinski definition) is 2. The molecule has 1 fully saturated rings. The van der Waals surface area contributed by atoms with Gasteiger partial charge in [-0.05, 0) is 49.2 Å². The predicted molar refractivity (Wildman–Crippen MR) is 105 cm³/mol. The summed E-state index contributed by atoms with van der Waals surface area (Å²) in [4.78, 5) is 26.4. The number of piperidine rings is 1. The van der Waals surface area contributed by atoms with E-state index in [0.29, 0.717) is 16.4 Å². The first-order valence-electron chi connectivity index (χ1n) is 9.06. The summed E-state index contributed by atoms with van der Waals surface area (Å²) in [6.45, 7) is 5.34. The number of thiophene rings is 1. The summed E-state index contributed by atoms with van der Waals surface area (Å²) in [5.41, 5.74) is 2.40. The van der Waals surface area contributed by atoms with E-state index in [2.05, 4.69) is 39.8 Å². The molecule has 0 atom stereocenters. The van der Waals surface area contributed by atoms with E-state index in [9.17, 15) is 9.59 Å². The molecule has 26 heavy (non-hydrogen) atoms. The van der Waals surface area contributed by atoms with Crippen LogP contribution in [0.15, 0.2) is 36.4 Å². The number of hydrogen-bond acceptors (Lipinski definition) is 4. The largest absolute Gasteiger partial charge is 0.347 e. The summed E-state index contributed by atoms with van der Waals surface area (Å²) in [6, 6.07) is 11.9. The molecule has 1 aromatic carbocycles. The van der Waals surface area contributed by atoms with Crippen LogP contribution in [-0.4, -0.2) is 29.8 Å². The van der Waals surface area contributed by atoms with Crippen LogP contribution in [0, 0.1) is 0 Å². The first-order valence-corrected chi connectivity index (χ1v) is 9.87. The Bertz CT molecular complexity index is 749. The Balaban J connectivity index is 1.48. The van der Waals surface area contributed by atoms with Gasteiger partial charge in [0.2, 0.25) is 5.91 Å². The first kappa shape index (κ1) is 18.6. The van der Waals surface area contributed by atoms with Crippen molar-refractivity contribution in [3.8, 4) is 0 Å². The maximum absolute atomic E-state index is 12.2. The van der Waals surface area contributed by atoms with Crippen molar-refractivity contribution in [1.82, 2.24) is 10.2 Å². The molecule has 2 aromatic rings. The number of nitrogens with one attached hydrogen (secondary N) is 2. The van der Waals surface area contributed by atoms with E-state index in [1.54, 1.807) is 12.1 Å². The Kier molecular flexibility index (Phi) is 6.41.